The third kappa shape index (κ3) is 3.38. The van der Waals surface area contributed by atoms with Gasteiger partial charge in [0.1, 0.15) is 0 Å². The molecule has 1 amide bonds. The maximum atomic E-state index is 11.0. The summed E-state index contributed by atoms with van der Waals surface area (Å²) in [5.41, 5.74) is 12.5. The van der Waals surface area contributed by atoms with Crippen molar-refractivity contribution in [3.8, 4) is 0 Å². The maximum Gasteiger partial charge on any atom is 0.248 e. The van der Waals surface area contributed by atoms with Gasteiger partial charge in [0.25, 0.3) is 0 Å². The van der Waals surface area contributed by atoms with Gasteiger partial charge in [-0.1, -0.05) is 11.6 Å². The van der Waals surface area contributed by atoms with Crippen LogP contribution in [0.2, 0.25) is 5.02 Å². The molecule has 1 aromatic heterocycles. The number of benzene rings is 1. The molecule has 0 aliphatic heterocycles. The van der Waals surface area contributed by atoms with E-state index in [1.165, 1.54) is 6.07 Å². The number of aromatic nitrogens is 2. The summed E-state index contributed by atoms with van der Waals surface area (Å²) in [6.07, 6.45) is 3.34. The number of nitrogens with zero attached hydrogens (tertiary/aromatic N) is 2. The molecule has 5 N–H and O–H groups in total. The highest BCUT2D eigenvalue weighted by Gasteiger charge is 2.05. The highest BCUT2D eigenvalue weighted by atomic mass is 35.5. The van der Waals surface area contributed by atoms with Gasteiger partial charge in [0, 0.05) is 18.3 Å². The lowest BCUT2D eigenvalue weighted by Crippen LogP contribution is -2.13. The first-order valence-electron chi connectivity index (χ1n) is 5.67. The van der Waals surface area contributed by atoms with Gasteiger partial charge < -0.3 is 16.8 Å². The zero-order valence-corrected chi connectivity index (χ0v) is 10.9. The van der Waals surface area contributed by atoms with Crippen molar-refractivity contribution in [2.24, 2.45) is 5.73 Å². The Labute approximate surface area is 115 Å². The summed E-state index contributed by atoms with van der Waals surface area (Å²) in [4.78, 5) is 11.0. The molecule has 7 heteroatoms. The monoisotopic (exact) mass is 279 g/mol. The Bertz CT molecular complexity index is 596. The third-order valence-electron chi connectivity index (χ3n) is 2.56. The van der Waals surface area contributed by atoms with Gasteiger partial charge in [-0.25, -0.2) is 0 Å². The number of nitrogens with two attached hydrogens (primary N) is 2. The van der Waals surface area contributed by atoms with Crippen LogP contribution < -0.4 is 16.8 Å². The first-order chi connectivity index (χ1) is 9.06. The second-order valence-corrected chi connectivity index (χ2v) is 4.43. The van der Waals surface area contributed by atoms with Crippen molar-refractivity contribution in [3.05, 3.63) is 41.2 Å². The summed E-state index contributed by atoms with van der Waals surface area (Å²) >= 11 is 6.05. The Morgan fingerprint density at radius 3 is 2.84 bits per heavy atom. The van der Waals surface area contributed by atoms with E-state index in [9.17, 15) is 4.79 Å². The topological polar surface area (TPSA) is 99.0 Å². The van der Waals surface area contributed by atoms with E-state index in [0.717, 1.165) is 5.69 Å². The first-order valence-corrected chi connectivity index (χ1v) is 6.05. The van der Waals surface area contributed by atoms with Crippen LogP contribution >= 0.6 is 11.6 Å². The van der Waals surface area contributed by atoms with Crippen LogP contribution in [0.1, 0.15) is 10.4 Å². The molecule has 0 unspecified atom stereocenters. The van der Waals surface area contributed by atoms with Crippen LogP contribution in [0.4, 0.5) is 11.4 Å². The fraction of sp³-hybridized carbons (Fsp3) is 0.167. The van der Waals surface area contributed by atoms with Crippen molar-refractivity contribution in [3.63, 3.8) is 0 Å². The highest BCUT2D eigenvalue weighted by molar-refractivity contribution is 6.33. The number of halogens is 1. The number of primary amides is 1. The molecular weight excluding hydrogens is 266 g/mol. The van der Waals surface area contributed by atoms with Gasteiger partial charge in [-0.15, -0.1) is 0 Å². The number of anilines is 2. The number of hydrogen-bond donors (Lipinski definition) is 3. The summed E-state index contributed by atoms with van der Waals surface area (Å²) in [6, 6.07) is 4.89. The number of nitrogen functional groups attached to an aromatic ring is 1. The largest absolute Gasteiger partial charge is 0.396 e. The molecule has 2 rings (SSSR count). The summed E-state index contributed by atoms with van der Waals surface area (Å²) in [5.74, 6) is -0.500. The summed E-state index contributed by atoms with van der Waals surface area (Å²) < 4.78 is 1.73. The normalized spacial score (nSPS) is 10.4. The Morgan fingerprint density at radius 2 is 2.26 bits per heavy atom. The van der Waals surface area contributed by atoms with Gasteiger partial charge in [-0.3, -0.25) is 9.48 Å². The Hall–Kier alpha value is -2.21. The van der Waals surface area contributed by atoms with Crippen LogP contribution in [0.25, 0.3) is 0 Å². The predicted octanol–water partition coefficient (Wildman–Crippen LogP) is 1.33. The number of amides is 1. The minimum atomic E-state index is -0.500. The van der Waals surface area contributed by atoms with Gasteiger partial charge in [-0.2, -0.15) is 5.10 Å². The van der Waals surface area contributed by atoms with E-state index in [2.05, 4.69) is 10.4 Å². The lowest BCUT2D eigenvalue weighted by Gasteiger charge is -2.09. The fourth-order valence-corrected chi connectivity index (χ4v) is 1.87. The smallest absolute Gasteiger partial charge is 0.248 e. The van der Waals surface area contributed by atoms with Gasteiger partial charge >= 0.3 is 0 Å². The molecule has 2 aromatic rings. The molecule has 1 aromatic carbocycles. The standard InChI is InChI=1S/C12H14ClN5O/c13-10-5-8(12(15)19)1-2-11(10)16-3-4-18-7-9(14)6-17-18/h1-2,5-7,16H,3-4,14H2,(H2,15,19). The Morgan fingerprint density at radius 1 is 1.47 bits per heavy atom. The Kier molecular flexibility index (Phi) is 3.91. The minimum absolute atomic E-state index is 0.385. The van der Waals surface area contributed by atoms with E-state index in [0.29, 0.717) is 29.4 Å². The lowest BCUT2D eigenvalue weighted by molar-refractivity contribution is 0.100. The lowest BCUT2D eigenvalue weighted by atomic mass is 10.2. The van der Waals surface area contributed by atoms with Crippen LogP contribution in [-0.4, -0.2) is 22.2 Å². The first kappa shape index (κ1) is 13.2. The van der Waals surface area contributed by atoms with Gasteiger partial charge in [-0.05, 0) is 18.2 Å². The summed E-state index contributed by atoms with van der Waals surface area (Å²) in [5, 5.41) is 7.67. The van der Waals surface area contributed by atoms with Gasteiger partial charge in [0.15, 0.2) is 0 Å². The maximum absolute atomic E-state index is 11.0. The average molecular weight is 280 g/mol. The van der Waals surface area contributed by atoms with Crippen molar-refractivity contribution < 1.29 is 4.79 Å². The van der Waals surface area contributed by atoms with Crippen LogP contribution in [0.3, 0.4) is 0 Å². The van der Waals surface area contributed by atoms with Gasteiger partial charge in [0.05, 0.1) is 29.1 Å². The third-order valence-corrected chi connectivity index (χ3v) is 2.88. The van der Waals surface area contributed by atoms with E-state index in [4.69, 9.17) is 23.1 Å². The molecule has 0 saturated heterocycles. The van der Waals surface area contributed by atoms with E-state index in [1.54, 1.807) is 29.2 Å². The molecule has 0 saturated carbocycles. The summed E-state index contributed by atoms with van der Waals surface area (Å²) in [6.45, 7) is 1.29. The van der Waals surface area contributed by atoms with Crippen molar-refractivity contribution in [2.45, 2.75) is 6.54 Å². The molecule has 19 heavy (non-hydrogen) atoms. The van der Waals surface area contributed by atoms with E-state index >= 15 is 0 Å². The second-order valence-electron chi connectivity index (χ2n) is 4.02. The van der Waals surface area contributed by atoms with Crippen molar-refractivity contribution in [1.82, 2.24) is 9.78 Å². The molecule has 0 aliphatic rings. The van der Waals surface area contributed by atoms with E-state index in [-0.39, 0.29) is 0 Å². The van der Waals surface area contributed by atoms with Crippen LogP contribution in [0.15, 0.2) is 30.6 Å². The zero-order valence-electron chi connectivity index (χ0n) is 10.1. The van der Waals surface area contributed by atoms with Crippen LogP contribution in [0, 0.1) is 0 Å². The molecule has 6 nitrogen and oxygen atoms in total. The minimum Gasteiger partial charge on any atom is -0.396 e. The Balaban J connectivity index is 1.94. The molecule has 0 aliphatic carbocycles. The predicted molar refractivity (Wildman–Crippen MR) is 75.1 cm³/mol. The zero-order chi connectivity index (χ0) is 13.8. The fourth-order valence-electron chi connectivity index (χ4n) is 1.62. The number of carbonyl (C=O) groups excluding carboxylic acids is 1. The molecular formula is C12H14ClN5O. The number of rotatable bonds is 5. The van der Waals surface area contributed by atoms with Crippen LogP contribution in [0.5, 0.6) is 0 Å². The number of nitrogens with one attached hydrogen (secondary N) is 1. The van der Waals surface area contributed by atoms with Crippen molar-refractivity contribution >= 4 is 28.9 Å². The number of carbonyl (C=O) groups is 1. The molecule has 1 heterocycles. The van der Waals surface area contributed by atoms with Crippen molar-refractivity contribution in [1.29, 1.82) is 0 Å². The summed E-state index contributed by atoms with van der Waals surface area (Å²) in [7, 11) is 0. The number of hydrogen-bond acceptors (Lipinski definition) is 4. The molecule has 100 valence electrons. The molecule has 0 atom stereocenters. The molecule has 0 bridgehead atoms. The molecule has 0 radical (unpaired) electrons. The van der Waals surface area contributed by atoms with E-state index in [1.807, 2.05) is 0 Å². The average Bonchev–Trinajstić information content (AvgIpc) is 2.77. The van der Waals surface area contributed by atoms with Crippen LogP contribution in [-0.2, 0) is 6.54 Å². The quantitative estimate of drug-likeness (QED) is 0.769. The second kappa shape index (κ2) is 5.62. The molecule has 0 spiro atoms. The molecule has 0 fully saturated rings. The van der Waals surface area contributed by atoms with E-state index < -0.39 is 5.91 Å². The highest BCUT2D eigenvalue weighted by Crippen LogP contribution is 2.22. The SMILES string of the molecule is NC(=O)c1ccc(NCCn2cc(N)cn2)c(Cl)c1. The van der Waals surface area contributed by atoms with Gasteiger partial charge in [0.2, 0.25) is 5.91 Å². The van der Waals surface area contributed by atoms with Crippen molar-refractivity contribution in [2.75, 3.05) is 17.6 Å².